The summed E-state index contributed by atoms with van der Waals surface area (Å²) in [5, 5.41) is 4.78. The van der Waals surface area contributed by atoms with Gasteiger partial charge in [-0.1, -0.05) is 75.2 Å². The van der Waals surface area contributed by atoms with Crippen molar-refractivity contribution in [2.75, 3.05) is 13.1 Å². The van der Waals surface area contributed by atoms with Gasteiger partial charge in [0.15, 0.2) is 0 Å². The van der Waals surface area contributed by atoms with E-state index in [4.69, 9.17) is 5.10 Å². The van der Waals surface area contributed by atoms with E-state index in [0.29, 0.717) is 5.69 Å². The number of rotatable bonds is 9. The smallest absolute Gasteiger partial charge is 0.272 e. The predicted molar refractivity (Wildman–Crippen MR) is 115 cm³/mol. The Labute approximate surface area is 167 Å². The van der Waals surface area contributed by atoms with E-state index in [1.807, 2.05) is 71.6 Å². The summed E-state index contributed by atoms with van der Waals surface area (Å²) in [4.78, 5) is 15.4. The SMILES string of the molecule is CCCCN(CCCC)C(=O)c1cc(-c2ccccc2)nn1-c1ccccc1. The molecule has 1 heterocycles. The molecule has 146 valence electrons. The highest BCUT2D eigenvalue weighted by molar-refractivity contribution is 5.94. The second-order valence-electron chi connectivity index (χ2n) is 7.03. The second kappa shape index (κ2) is 9.88. The summed E-state index contributed by atoms with van der Waals surface area (Å²) in [6.07, 6.45) is 4.17. The van der Waals surface area contributed by atoms with Gasteiger partial charge in [-0.25, -0.2) is 4.68 Å². The number of unbranched alkanes of at least 4 members (excludes halogenated alkanes) is 2. The highest BCUT2D eigenvalue weighted by Crippen LogP contribution is 2.23. The Morgan fingerprint density at radius 1 is 0.893 bits per heavy atom. The first kappa shape index (κ1) is 19.9. The predicted octanol–water partition coefficient (Wildman–Crippen LogP) is 5.58. The van der Waals surface area contributed by atoms with Crippen molar-refractivity contribution in [3.8, 4) is 16.9 Å². The summed E-state index contributed by atoms with van der Waals surface area (Å²) in [6.45, 7) is 5.89. The summed E-state index contributed by atoms with van der Waals surface area (Å²) < 4.78 is 1.79. The van der Waals surface area contributed by atoms with Gasteiger partial charge in [-0.05, 0) is 31.0 Å². The quantitative estimate of drug-likeness (QED) is 0.489. The maximum absolute atomic E-state index is 13.5. The number of para-hydroxylation sites is 1. The lowest BCUT2D eigenvalue weighted by Crippen LogP contribution is -2.34. The molecular weight excluding hydrogens is 346 g/mol. The number of benzene rings is 2. The molecule has 2 aromatic carbocycles. The Morgan fingerprint density at radius 2 is 1.46 bits per heavy atom. The first-order chi connectivity index (χ1) is 13.7. The fraction of sp³-hybridized carbons (Fsp3) is 0.333. The molecule has 0 spiro atoms. The van der Waals surface area contributed by atoms with Crippen molar-refractivity contribution >= 4 is 5.91 Å². The number of carbonyl (C=O) groups excluding carboxylic acids is 1. The molecule has 4 nitrogen and oxygen atoms in total. The Hall–Kier alpha value is -2.88. The summed E-state index contributed by atoms with van der Waals surface area (Å²) in [7, 11) is 0. The first-order valence-electron chi connectivity index (χ1n) is 10.2. The van der Waals surface area contributed by atoms with Crippen molar-refractivity contribution in [1.29, 1.82) is 0 Å². The molecule has 0 saturated carbocycles. The van der Waals surface area contributed by atoms with E-state index in [1.165, 1.54) is 0 Å². The Bertz CT molecular complexity index is 863. The van der Waals surface area contributed by atoms with Crippen LogP contribution >= 0.6 is 0 Å². The van der Waals surface area contributed by atoms with Gasteiger partial charge in [-0.3, -0.25) is 4.79 Å². The maximum Gasteiger partial charge on any atom is 0.272 e. The van der Waals surface area contributed by atoms with Crippen LogP contribution in [0.25, 0.3) is 16.9 Å². The van der Waals surface area contributed by atoms with Crippen LogP contribution in [0.4, 0.5) is 0 Å². The molecule has 0 fully saturated rings. The van der Waals surface area contributed by atoms with Crippen LogP contribution in [0.3, 0.4) is 0 Å². The first-order valence-corrected chi connectivity index (χ1v) is 10.2. The van der Waals surface area contributed by atoms with Gasteiger partial charge in [-0.2, -0.15) is 5.10 Å². The van der Waals surface area contributed by atoms with Crippen LogP contribution in [0.2, 0.25) is 0 Å². The lowest BCUT2D eigenvalue weighted by Gasteiger charge is -2.22. The van der Waals surface area contributed by atoms with Gasteiger partial charge in [0.25, 0.3) is 5.91 Å². The molecule has 1 amide bonds. The van der Waals surface area contributed by atoms with Crippen molar-refractivity contribution in [3.05, 3.63) is 72.4 Å². The van der Waals surface area contributed by atoms with Gasteiger partial charge in [0.1, 0.15) is 5.69 Å². The van der Waals surface area contributed by atoms with Crippen molar-refractivity contribution in [2.24, 2.45) is 0 Å². The highest BCUT2D eigenvalue weighted by atomic mass is 16.2. The largest absolute Gasteiger partial charge is 0.337 e. The molecule has 28 heavy (non-hydrogen) atoms. The summed E-state index contributed by atoms with van der Waals surface area (Å²) in [6, 6.07) is 21.8. The number of nitrogens with zero attached hydrogens (tertiary/aromatic N) is 3. The summed E-state index contributed by atoms with van der Waals surface area (Å²) in [5.74, 6) is 0.0560. The molecule has 1 aromatic heterocycles. The van der Waals surface area contributed by atoms with Gasteiger partial charge < -0.3 is 4.90 Å². The molecule has 0 bridgehead atoms. The molecule has 0 N–H and O–H groups in total. The topological polar surface area (TPSA) is 38.1 Å². The minimum Gasteiger partial charge on any atom is -0.337 e. The standard InChI is InChI=1S/C24H29N3O/c1-3-5-17-26(18-6-4-2)24(28)23-19-22(20-13-9-7-10-14-20)25-27(23)21-15-11-8-12-16-21/h7-16,19H,3-6,17-18H2,1-2H3. The number of amides is 1. The Balaban J connectivity index is 2.01. The molecule has 0 radical (unpaired) electrons. The zero-order valence-corrected chi connectivity index (χ0v) is 16.8. The van der Waals surface area contributed by atoms with E-state index in [1.54, 1.807) is 4.68 Å². The lowest BCUT2D eigenvalue weighted by atomic mass is 10.1. The van der Waals surface area contributed by atoms with Crippen molar-refractivity contribution in [3.63, 3.8) is 0 Å². The van der Waals surface area contributed by atoms with Crippen LogP contribution in [0.5, 0.6) is 0 Å². The van der Waals surface area contributed by atoms with Gasteiger partial charge in [0.05, 0.1) is 11.4 Å². The molecule has 0 saturated heterocycles. The maximum atomic E-state index is 13.5. The van der Waals surface area contributed by atoms with Crippen LogP contribution in [0.15, 0.2) is 66.7 Å². The Morgan fingerprint density at radius 3 is 2.04 bits per heavy atom. The molecule has 4 heteroatoms. The Kier molecular flexibility index (Phi) is 7.01. The molecular formula is C24H29N3O. The van der Waals surface area contributed by atoms with Crippen LogP contribution in [-0.4, -0.2) is 33.7 Å². The highest BCUT2D eigenvalue weighted by Gasteiger charge is 2.22. The molecule has 0 aliphatic heterocycles. The number of carbonyl (C=O) groups is 1. The van der Waals surface area contributed by atoms with Gasteiger partial charge in [0.2, 0.25) is 0 Å². The molecule has 3 rings (SSSR count). The van der Waals surface area contributed by atoms with Crippen molar-refractivity contribution < 1.29 is 4.79 Å². The minimum atomic E-state index is 0.0560. The van der Waals surface area contributed by atoms with Crippen molar-refractivity contribution in [2.45, 2.75) is 39.5 Å². The fourth-order valence-electron chi connectivity index (χ4n) is 3.22. The van der Waals surface area contributed by atoms with Gasteiger partial charge in [-0.15, -0.1) is 0 Å². The number of hydrogen-bond acceptors (Lipinski definition) is 2. The van der Waals surface area contributed by atoms with E-state index >= 15 is 0 Å². The average Bonchev–Trinajstić information content (AvgIpc) is 3.20. The zero-order valence-electron chi connectivity index (χ0n) is 16.8. The van der Waals surface area contributed by atoms with Crippen LogP contribution in [-0.2, 0) is 0 Å². The third-order valence-electron chi connectivity index (χ3n) is 4.85. The van der Waals surface area contributed by atoms with E-state index in [0.717, 1.165) is 55.7 Å². The van der Waals surface area contributed by atoms with Crippen molar-refractivity contribution in [1.82, 2.24) is 14.7 Å². The molecule has 0 unspecified atom stereocenters. The molecule has 3 aromatic rings. The van der Waals surface area contributed by atoms with Gasteiger partial charge >= 0.3 is 0 Å². The van der Waals surface area contributed by atoms with Crippen LogP contribution in [0, 0.1) is 0 Å². The lowest BCUT2D eigenvalue weighted by molar-refractivity contribution is 0.0742. The normalized spacial score (nSPS) is 10.8. The van der Waals surface area contributed by atoms with Crippen LogP contribution in [0.1, 0.15) is 50.0 Å². The molecule has 0 aliphatic rings. The fourth-order valence-corrected chi connectivity index (χ4v) is 3.22. The van der Waals surface area contributed by atoms with E-state index in [2.05, 4.69) is 13.8 Å². The summed E-state index contributed by atoms with van der Waals surface area (Å²) in [5.41, 5.74) is 3.36. The van der Waals surface area contributed by atoms with E-state index in [-0.39, 0.29) is 5.91 Å². The minimum absolute atomic E-state index is 0.0560. The number of hydrogen-bond donors (Lipinski definition) is 0. The average molecular weight is 376 g/mol. The van der Waals surface area contributed by atoms with E-state index < -0.39 is 0 Å². The molecule has 0 aliphatic carbocycles. The second-order valence-corrected chi connectivity index (χ2v) is 7.03. The summed E-state index contributed by atoms with van der Waals surface area (Å²) >= 11 is 0. The monoisotopic (exact) mass is 375 g/mol. The number of aromatic nitrogens is 2. The van der Waals surface area contributed by atoms with Gasteiger partial charge in [0, 0.05) is 18.7 Å². The van der Waals surface area contributed by atoms with Crippen LogP contribution < -0.4 is 0 Å². The third-order valence-corrected chi connectivity index (χ3v) is 4.85. The van der Waals surface area contributed by atoms with E-state index in [9.17, 15) is 4.79 Å². The molecule has 0 atom stereocenters. The third kappa shape index (κ3) is 4.69. The zero-order chi connectivity index (χ0) is 19.8.